The molecule has 0 N–H and O–H groups in total. The standard InChI is InChI=1S/C15H20O2/c1-16-11-7-3-2-4-8-13-12-17-15-10-6-5-9-14(13)15/h5-6,9-10,12H,2-4,7-8,11H2,1H3. The van der Waals surface area contributed by atoms with Crippen LogP contribution < -0.4 is 0 Å². The second-order valence-corrected chi connectivity index (χ2v) is 4.41. The Bertz CT molecular complexity index is 445. The van der Waals surface area contributed by atoms with Crippen LogP contribution in [-0.2, 0) is 11.2 Å². The maximum atomic E-state index is 5.52. The number of hydrogen-bond donors (Lipinski definition) is 0. The van der Waals surface area contributed by atoms with Gasteiger partial charge in [-0.2, -0.15) is 0 Å². The van der Waals surface area contributed by atoms with Crippen LogP contribution in [0.2, 0.25) is 0 Å². The first-order valence-electron chi connectivity index (χ1n) is 6.36. The Labute approximate surface area is 103 Å². The van der Waals surface area contributed by atoms with Crippen molar-refractivity contribution in [3.63, 3.8) is 0 Å². The maximum Gasteiger partial charge on any atom is 0.134 e. The molecule has 1 aromatic heterocycles. The third kappa shape index (κ3) is 3.34. The molecule has 17 heavy (non-hydrogen) atoms. The van der Waals surface area contributed by atoms with Crippen LogP contribution >= 0.6 is 0 Å². The Morgan fingerprint density at radius 3 is 2.76 bits per heavy atom. The predicted molar refractivity (Wildman–Crippen MR) is 70.3 cm³/mol. The van der Waals surface area contributed by atoms with Gasteiger partial charge in [-0.25, -0.2) is 0 Å². The number of unbranched alkanes of at least 4 members (excludes halogenated alkanes) is 3. The highest BCUT2D eigenvalue weighted by Crippen LogP contribution is 2.22. The normalized spacial score (nSPS) is 11.1. The smallest absolute Gasteiger partial charge is 0.134 e. The monoisotopic (exact) mass is 232 g/mol. The van der Waals surface area contributed by atoms with Gasteiger partial charge in [0.15, 0.2) is 0 Å². The van der Waals surface area contributed by atoms with Crippen LogP contribution in [0.4, 0.5) is 0 Å². The SMILES string of the molecule is COCCCCCCc1coc2ccccc12. The topological polar surface area (TPSA) is 22.4 Å². The van der Waals surface area contributed by atoms with Gasteiger partial charge in [0.1, 0.15) is 5.58 Å². The first-order valence-corrected chi connectivity index (χ1v) is 6.36. The van der Waals surface area contributed by atoms with E-state index in [1.807, 2.05) is 18.4 Å². The number of benzene rings is 1. The van der Waals surface area contributed by atoms with Crippen LogP contribution in [0.5, 0.6) is 0 Å². The molecule has 0 fully saturated rings. The molecule has 0 saturated carbocycles. The lowest BCUT2D eigenvalue weighted by atomic mass is 10.1. The van der Waals surface area contributed by atoms with E-state index in [9.17, 15) is 0 Å². The van der Waals surface area contributed by atoms with E-state index in [-0.39, 0.29) is 0 Å². The molecule has 0 aliphatic rings. The highest BCUT2D eigenvalue weighted by atomic mass is 16.5. The highest BCUT2D eigenvalue weighted by molar-refractivity contribution is 5.80. The highest BCUT2D eigenvalue weighted by Gasteiger charge is 2.03. The maximum absolute atomic E-state index is 5.52. The van der Waals surface area contributed by atoms with E-state index < -0.39 is 0 Å². The molecule has 0 aliphatic carbocycles. The molecule has 0 saturated heterocycles. The molecule has 0 unspecified atom stereocenters. The molecule has 2 rings (SSSR count). The van der Waals surface area contributed by atoms with Crippen LogP contribution in [0.25, 0.3) is 11.0 Å². The van der Waals surface area contributed by atoms with Gasteiger partial charge >= 0.3 is 0 Å². The summed E-state index contributed by atoms with van der Waals surface area (Å²) < 4.78 is 10.6. The zero-order chi connectivity index (χ0) is 11.9. The largest absolute Gasteiger partial charge is 0.464 e. The molecule has 2 nitrogen and oxygen atoms in total. The summed E-state index contributed by atoms with van der Waals surface area (Å²) in [7, 11) is 1.76. The van der Waals surface area contributed by atoms with E-state index in [1.165, 1.54) is 36.6 Å². The van der Waals surface area contributed by atoms with Crippen molar-refractivity contribution >= 4 is 11.0 Å². The molecule has 0 amide bonds. The summed E-state index contributed by atoms with van der Waals surface area (Å²) >= 11 is 0. The van der Waals surface area contributed by atoms with Crippen molar-refractivity contribution in [3.8, 4) is 0 Å². The molecule has 92 valence electrons. The van der Waals surface area contributed by atoms with Crippen molar-refractivity contribution in [2.45, 2.75) is 32.1 Å². The van der Waals surface area contributed by atoms with Crippen LogP contribution in [0.15, 0.2) is 34.9 Å². The Kier molecular flexibility index (Phi) is 4.63. The Hall–Kier alpha value is -1.28. The Balaban J connectivity index is 1.79. The van der Waals surface area contributed by atoms with E-state index >= 15 is 0 Å². The van der Waals surface area contributed by atoms with Gasteiger partial charge < -0.3 is 9.15 Å². The molecule has 2 aromatic rings. The predicted octanol–water partition coefficient (Wildman–Crippen LogP) is 4.18. The first-order chi connectivity index (χ1) is 8.42. The lowest BCUT2D eigenvalue weighted by Gasteiger charge is -2.00. The first kappa shape index (κ1) is 12.2. The zero-order valence-electron chi connectivity index (χ0n) is 10.4. The number of methoxy groups -OCH3 is 1. The molecular formula is C15H20O2. The van der Waals surface area contributed by atoms with E-state index in [1.54, 1.807) is 7.11 Å². The number of rotatable bonds is 7. The number of furan rings is 1. The fourth-order valence-electron chi connectivity index (χ4n) is 2.14. The number of ether oxygens (including phenoxy) is 1. The molecule has 1 heterocycles. The van der Waals surface area contributed by atoms with Crippen LogP contribution in [-0.4, -0.2) is 13.7 Å². The second kappa shape index (κ2) is 6.45. The fraction of sp³-hybridized carbons (Fsp3) is 0.467. The Morgan fingerprint density at radius 2 is 1.88 bits per heavy atom. The minimum Gasteiger partial charge on any atom is -0.464 e. The number of para-hydroxylation sites is 1. The van der Waals surface area contributed by atoms with E-state index in [0.717, 1.165) is 18.6 Å². The van der Waals surface area contributed by atoms with E-state index in [2.05, 4.69) is 12.1 Å². The molecular weight excluding hydrogens is 212 g/mol. The molecule has 0 aliphatic heterocycles. The molecule has 1 aromatic carbocycles. The van der Waals surface area contributed by atoms with Crippen molar-refractivity contribution < 1.29 is 9.15 Å². The zero-order valence-corrected chi connectivity index (χ0v) is 10.4. The van der Waals surface area contributed by atoms with Crippen LogP contribution in [0.1, 0.15) is 31.2 Å². The second-order valence-electron chi connectivity index (χ2n) is 4.41. The quantitative estimate of drug-likeness (QED) is 0.668. The number of hydrogen-bond acceptors (Lipinski definition) is 2. The number of fused-ring (bicyclic) bond motifs is 1. The summed E-state index contributed by atoms with van der Waals surface area (Å²) in [6.45, 7) is 0.884. The van der Waals surface area contributed by atoms with Crippen molar-refractivity contribution in [2.24, 2.45) is 0 Å². The van der Waals surface area contributed by atoms with Gasteiger partial charge in [-0.15, -0.1) is 0 Å². The summed E-state index contributed by atoms with van der Waals surface area (Å²) in [6.07, 6.45) is 7.94. The van der Waals surface area contributed by atoms with Crippen molar-refractivity contribution in [1.82, 2.24) is 0 Å². The molecule has 0 atom stereocenters. The van der Waals surface area contributed by atoms with Gasteiger partial charge in [0.05, 0.1) is 6.26 Å². The summed E-state index contributed by atoms with van der Waals surface area (Å²) in [5.74, 6) is 0. The van der Waals surface area contributed by atoms with Crippen LogP contribution in [0.3, 0.4) is 0 Å². The van der Waals surface area contributed by atoms with Gasteiger partial charge in [-0.05, 0) is 30.9 Å². The third-order valence-electron chi connectivity index (χ3n) is 3.11. The van der Waals surface area contributed by atoms with Gasteiger partial charge in [-0.3, -0.25) is 0 Å². The van der Waals surface area contributed by atoms with Crippen molar-refractivity contribution in [3.05, 3.63) is 36.1 Å². The summed E-state index contributed by atoms with van der Waals surface area (Å²) in [5.41, 5.74) is 2.34. The summed E-state index contributed by atoms with van der Waals surface area (Å²) in [5, 5.41) is 1.27. The lowest BCUT2D eigenvalue weighted by molar-refractivity contribution is 0.192. The van der Waals surface area contributed by atoms with Gasteiger partial charge in [0.2, 0.25) is 0 Å². The molecule has 0 radical (unpaired) electrons. The van der Waals surface area contributed by atoms with Crippen molar-refractivity contribution in [2.75, 3.05) is 13.7 Å². The minimum absolute atomic E-state index is 0.884. The van der Waals surface area contributed by atoms with Crippen molar-refractivity contribution in [1.29, 1.82) is 0 Å². The van der Waals surface area contributed by atoms with Gasteiger partial charge in [0.25, 0.3) is 0 Å². The van der Waals surface area contributed by atoms with E-state index in [4.69, 9.17) is 9.15 Å². The molecule has 0 bridgehead atoms. The minimum atomic E-state index is 0.884. The molecule has 0 spiro atoms. The summed E-state index contributed by atoms with van der Waals surface area (Å²) in [4.78, 5) is 0. The van der Waals surface area contributed by atoms with Gasteiger partial charge in [0, 0.05) is 19.1 Å². The molecule has 2 heteroatoms. The third-order valence-corrected chi connectivity index (χ3v) is 3.11. The van der Waals surface area contributed by atoms with E-state index in [0.29, 0.717) is 0 Å². The lowest BCUT2D eigenvalue weighted by Crippen LogP contribution is -1.89. The van der Waals surface area contributed by atoms with Gasteiger partial charge in [-0.1, -0.05) is 31.0 Å². The average molecular weight is 232 g/mol. The average Bonchev–Trinajstić information content (AvgIpc) is 2.77. The van der Waals surface area contributed by atoms with Crippen LogP contribution in [0, 0.1) is 0 Å². The Morgan fingerprint density at radius 1 is 1.06 bits per heavy atom. The number of aryl methyl sites for hydroxylation is 1. The summed E-state index contributed by atoms with van der Waals surface area (Å²) in [6, 6.07) is 8.25. The fourth-order valence-corrected chi connectivity index (χ4v) is 2.14.